The van der Waals surface area contributed by atoms with Crippen molar-refractivity contribution >= 4 is 49.5 Å². The van der Waals surface area contributed by atoms with Gasteiger partial charge in [0.15, 0.2) is 0 Å². The highest BCUT2D eigenvalue weighted by Crippen LogP contribution is 2.39. The SMILES string of the molecule is C1COCCOCCOCCOCCOCCO1.Oc1ccccc1C=NCCN=Cc1ccccc1O.c1ccc(P(CCCP(c2ccccc2)c2ccccc2)c2ccccc2)cc1. The van der Waals surface area contributed by atoms with Gasteiger partial charge in [0, 0.05) is 23.6 Å². The maximum Gasteiger partial charge on any atom is 0.124 e. The first-order valence-electron chi connectivity index (χ1n) is 23.0. The second kappa shape index (κ2) is 34.2. The van der Waals surface area contributed by atoms with E-state index in [9.17, 15) is 10.2 Å². The van der Waals surface area contributed by atoms with Crippen molar-refractivity contribution in [3.63, 3.8) is 0 Å². The van der Waals surface area contributed by atoms with Crippen molar-refractivity contribution in [1.82, 2.24) is 0 Å². The largest absolute Gasteiger partial charge is 0.507 e. The lowest BCUT2D eigenvalue weighted by atomic mass is 10.2. The molecule has 10 nitrogen and oxygen atoms in total. The highest BCUT2D eigenvalue weighted by Gasteiger charge is 2.17. The van der Waals surface area contributed by atoms with E-state index in [1.54, 1.807) is 48.8 Å². The lowest BCUT2D eigenvalue weighted by Gasteiger charge is -2.22. The molecule has 0 atom stereocenters. The highest BCUT2D eigenvalue weighted by molar-refractivity contribution is 7.74. The number of nitrogens with zero attached hydrogens (tertiary/aromatic N) is 2. The monoisotopic (exact) mass is 944 g/mol. The van der Waals surface area contributed by atoms with Gasteiger partial charge in [-0.15, -0.1) is 0 Å². The zero-order chi connectivity index (χ0) is 46.7. The van der Waals surface area contributed by atoms with Crippen molar-refractivity contribution in [3.8, 4) is 11.5 Å². The Morgan fingerprint density at radius 1 is 0.343 bits per heavy atom. The summed E-state index contributed by atoms with van der Waals surface area (Å²) in [6, 6.07) is 58.3. The van der Waals surface area contributed by atoms with Gasteiger partial charge in [0.1, 0.15) is 11.5 Å². The number of hydrogen-bond donors (Lipinski definition) is 2. The lowest BCUT2D eigenvalue weighted by molar-refractivity contribution is -0.0334. The molecule has 0 aliphatic carbocycles. The van der Waals surface area contributed by atoms with Crippen LogP contribution in [0.2, 0.25) is 0 Å². The van der Waals surface area contributed by atoms with Gasteiger partial charge in [-0.25, -0.2) is 0 Å². The smallest absolute Gasteiger partial charge is 0.124 e. The molecular weight excluding hydrogens is 879 g/mol. The molecule has 2 N–H and O–H groups in total. The molecule has 354 valence electrons. The van der Waals surface area contributed by atoms with Gasteiger partial charge in [0.25, 0.3) is 0 Å². The predicted octanol–water partition coefficient (Wildman–Crippen LogP) is 8.38. The minimum Gasteiger partial charge on any atom is -0.507 e. The summed E-state index contributed by atoms with van der Waals surface area (Å²) in [6.45, 7) is 8.09. The first-order valence-corrected chi connectivity index (χ1v) is 26.0. The minimum atomic E-state index is -0.309. The zero-order valence-electron chi connectivity index (χ0n) is 38.5. The quantitative estimate of drug-likeness (QED) is 0.0674. The van der Waals surface area contributed by atoms with Crippen LogP contribution >= 0.6 is 15.8 Å². The average molecular weight is 945 g/mol. The number of ether oxygens (including phenoxy) is 6. The molecule has 7 rings (SSSR count). The molecule has 67 heavy (non-hydrogen) atoms. The summed E-state index contributed by atoms with van der Waals surface area (Å²) in [6.07, 6.45) is 6.98. The molecular formula is C55H66N2O8P2. The van der Waals surface area contributed by atoms with Gasteiger partial charge in [-0.1, -0.05) is 146 Å². The second-order valence-corrected chi connectivity index (χ2v) is 19.5. The molecule has 0 unspecified atom stereocenters. The summed E-state index contributed by atoms with van der Waals surface area (Å²) in [5, 5.41) is 25.0. The predicted molar refractivity (Wildman–Crippen MR) is 279 cm³/mol. The van der Waals surface area contributed by atoms with E-state index in [4.69, 9.17) is 28.4 Å². The van der Waals surface area contributed by atoms with Gasteiger partial charge in [0.2, 0.25) is 0 Å². The molecule has 0 aromatic heterocycles. The molecule has 0 radical (unpaired) electrons. The van der Waals surface area contributed by atoms with Gasteiger partial charge < -0.3 is 38.6 Å². The number of aromatic hydroxyl groups is 2. The first-order chi connectivity index (χ1) is 33.2. The van der Waals surface area contributed by atoms with Crippen LogP contribution in [-0.2, 0) is 28.4 Å². The van der Waals surface area contributed by atoms with Crippen molar-refractivity contribution in [2.75, 3.05) is 105 Å². The molecule has 6 aromatic rings. The van der Waals surface area contributed by atoms with Gasteiger partial charge in [0.05, 0.1) is 92.4 Å². The Labute approximate surface area is 400 Å². The molecule has 1 aliphatic rings. The van der Waals surface area contributed by atoms with E-state index in [1.807, 2.05) is 12.1 Å². The Bertz CT molecular complexity index is 1910. The number of hydrogen-bond acceptors (Lipinski definition) is 10. The Hall–Kier alpha value is -5.12. The number of benzene rings is 6. The Balaban J connectivity index is 0.000000196. The summed E-state index contributed by atoms with van der Waals surface area (Å²) >= 11 is 0. The van der Waals surface area contributed by atoms with E-state index in [-0.39, 0.29) is 27.3 Å². The molecule has 0 bridgehead atoms. The number of rotatable bonds is 13. The van der Waals surface area contributed by atoms with Crippen LogP contribution in [0.25, 0.3) is 0 Å². The number of phenols is 2. The summed E-state index contributed by atoms with van der Waals surface area (Å²) in [5.41, 5.74) is 1.38. The zero-order valence-corrected chi connectivity index (χ0v) is 40.3. The number of aliphatic imine (C=N–C) groups is 2. The maximum atomic E-state index is 9.54. The molecule has 1 heterocycles. The van der Waals surface area contributed by atoms with Crippen molar-refractivity contribution < 1.29 is 38.6 Å². The normalized spacial score (nSPS) is 14.7. The van der Waals surface area contributed by atoms with Gasteiger partial charge in [-0.3, -0.25) is 9.98 Å². The highest BCUT2D eigenvalue weighted by atomic mass is 31.1. The van der Waals surface area contributed by atoms with Gasteiger partial charge >= 0.3 is 0 Å². The fraction of sp³-hybridized carbons (Fsp3) is 0.309. The van der Waals surface area contributed by atoms with E-state index in [0.29, 0.717) is 103 Å². The van der Waals surface area contributed by atoms with Gasteiger partial charge in [-0.05, 0) is 80.1 Å². The molecule has 12 heteroatoms. The van der Waals surface area contributed by atoms with Gasteiger partial charge in [-0.2, -0.15) is 0 Å². The summed E-state index contributed by atoms with van der Waals surface area (Å²) in [7, 11) is -0.618. The van der Waals surface area contributed by atoms with Crippen molar-refractivity contribution in [3.05, 3.63) is 181 Å². The standard InChI is InChI=1S/C27H26P2.C16H16N2O2.C12H24O6/c1-5-14-24(15-6-1)28(25-16-7-2-8-17-25)22-13-23-29(26-18-9-3-10-19-26)27-20-11-4-12-21-27;19-15-7-3-1-5-13(15)11-17-9-10-18-12-14-6-2-4-8-16(14)20;1-2-14-5-6-16-9-10-18-12-11-17-8-7-15-4-3-13-1/h1-12,14-21H,13,22-23H2;1-8,11-12,19-20H,9-10H2;1-12H2. The van der Waals surface area contributed by atoms with E-state index < -0.39 is 0 Å². The molecule has 0 spiro atoms. The maximum absolute atomic E-state index is 9.54. The summed E-state index contributed by atoms with van der Waals surface area (Å²) < 4.78 is 32.0. The van der Waals surface area contributed by atoms with Crippen LogP contribution in [0.15, 0.2) is 180 Å². The third kappa shape index (κ3) is 22.0. The van der Waals surface area contributed by atoms with Crippen LogP contribution in [0.3, 0.4) is 0 Å². The number of para-hydroxylation sites is 2. The summed E-state index contributed by atoms with van der Waals surface area (Å²) in [5.74, 6) is 0.433. The Kier molecular flexibility index (Phi) is 27.0. The van der Waals surface area contributed by atoms with E-state index >= 15 is 0 Å². The Morgan fingerprint density at radius 3 is 0.836 bits per heavy atom. The van der Waals surface area contributed by atoms with Crippen LogP contribution in [0, 0.1) is 0 Å². The molecule has 0 amide bonds. The Morgan fingerprint density at radius 2 is 0.582 bits per heavy atom. The first kappa shape index (κ1) is 52.8. The molecule has 0 saturated carbocycles. The molecule has 1 saturated heterocycles. The fourth-order valence-electron chi connectivity index (χ4n) is 6.59. The van der Waals surface area contributed by atoms with Crippen molar-refractivity contribution in [2.45, 2.75) is 6.42 Å². The molecule has 1 fully saturated rings. The third-order valence-corrected chi connectivity index (χ3v) is 15.2. The van der Waals surface area contributed by atoms with Crippen LogP contribution in [-0.4, -0.2) is 127 Å². The fourth-order valence-corrected chi connectivity index (χ4v) is 11.5. The molecule has 6 aromatic carbocycles. The van der Waals surface area contributed by atoms with Crippen molar-refractivity contribution in [2.24, 2.45) is 9.98 Å². The third-order valence-electron chi connectivity index (χ3n) is 9.96. The van der Waals surface area contributed by atoms with Crippen LogP contribution < -0.4 is 21.2 Å². The second-order valence-electron chi connectivity index (χ2n) is 14.9. The van der Waals surface area contributed by atoms with Crippen molar-refractivity contribution in [1.29, 1.82) is 0 Å². The molecule has 1 aliphatic heterocycles. The number of phenolic OH excluding ortho intramolecular Hbond substituents is 2. The van der Waals surface area contributed by atoms with Crippen LogP contribution in [0.4, 0.5) is 0 Å². The average Bonchev–Trinajstić information content (AvgIpc) is 3.37. The van der Waals surface area contributed by atoms with Crippen LogP contribution in [0.1, 0.15) is 17.5 Å². The van der Waals surface area contributed by atoms with E-state index in [1.165, 1.54) is 40.0 Å². The van der Waals surface area contributed by atoms with E-state index in [2.05, 4.69) is 131 Å². The van der Waals surface area contributed by atoms with E-state index in [0.717, 1.165) is 0 Å². The van der Waals surface area contributed by atoms with Crippen LogP contribution in [0.5, 0.6) is 11.5 Å². The lowest BCUT2D eigenvalue weighted by Crippen LogP contribution is -2.17. The minimum absolute atomic E-state index is 0.217. The topological polar surface area (TPSA) is 121 Å². The summed E-state index contributed by atoms with van der Waals surface area (Å²) in [4.78, 5) is 8.39.